The highest BCUT2D eigenvalue weighted by atomic mass is 16.6. The fourth-order valence-electron chi connectivity index (χ4n) is 8.76. The molecule has 3 amide bonds. The average Bonchev–Trinajstić information content (AvgIpc) is 3.82. The predicted octanol–water partition coefficient (Wildman–Crippen LogP) is 8.57. The summed E-state index contributed by atoms with van der Waals surface area (Å²) in [4.78, 5) is 59.2. The van der Waals surface area contributed by atoms with Crippen molar-refractivity contribution in [3.63, 3.8) is 0 Å². The van der Waals surface area contributed by atoms with Crippen molar-refractivity contribution >= 4 is 28.9 Å². The van der Waals surface area contributed by atoms with E-state index in [0.717, 1.165) is 93.7 Å². The Hall–Kier alpha value is -6.47. The Labute approximate surface area is 348 Å². The summed E-state index contributed by atoms with van der Waals surface area (Å²) >= 11 is 0. The van der Waals surface area contributed by atoms with Crippen LogP contribution in [0, 0.1) is 5.41 Å². The Morgan fingerprint density at radius 2 is 1.43 bits per heavy atom. The van der Waals surface area contributed by atoms with E-state index in [-0.39, 0.29) is 36.1 Å². The first-order chi connectivity index (χ1) is 29.2. The lowest BCUT2D eigenvalue weighted by molar-refractivity contribution is -0.137. The summed E-state index contributed by atoms with van der Waals surface area (Å²) in [5.74, 6) is 1.29. The molecule has 1 spiro atoms. The summed E-state index contributed by atoms with van der Waals surface area (Å²) in [6.07, 6.45) is 6.79. The van der Waals surface area contributed by atoms with Gasteiger partial charge in [-0.25, -0.2) is 19.6 Å². The third-order valence-corrected chi connectivity index (χ3v) is 12.5. The van der Waals surface area contributed by atoms with Crippen LogP contribution in [0.1, 0.15) is 68.3 Å². The standard InChI is InChI=1S/C47H49N7O6/c1-29(58-2)41(52-45(56)59-3)44(55)54-28-47(19-20-47)24-40(54)43-49-25-37(50-43)32-13-11-31(12-14-32)33-15-16-35-23-36(18-17-34(35)22-33)38-26-48-42(51-38)39-10-7-21-53(39)46(57)60-27-30-8-5-4-6-9-30/h4-6,8-9,11-18,22-23,25-26,29,39-41H,7,10,19-21,24,27-28H2,1-3H3,(H,48,51)(H,49,50)(H,52,56)/t29-,39+,40+,41+/m1/s1. The molecule has 13 nitrogen and oxygen atoms in total. The molecular formula is C47H49N7O6. The number of carbonyl (C=O) groups is 3. The van der Waals surface area contributed by atoms with Gasteiger partial charge in [0.25, 0.3) is 0 Å². The van der Waals surface area contributed by atoms with Crippen molar-refractivity contribution in [3.05, 3.63) is 121 Å². The molecule has 3 N–H and O–H groups in total. The molecule has 2 saturated heterocycles. The SMILES string of the molecule is COC(=O)N[C@H](C(=O)N1CC2(CC2)C[C@H]1c1ncc(-c2ccc(-c3ccc4cc(-c5cnc([C@@H]6CCCN6C(=O)OCc6ccccc6)[nH]5)ccc4c3)cc2)[nH]1)[C@@H](C)OC. The van der Waals surface area contributed by atoms with Crippen molar-refractivity contribution in [2.45, 2.75) is 69.9 Å². The summed E-state index contributed by atoms with van der Waals surface area (Å²) in [7, 11) is 2.80. The number of H-pyrrole nitrogens is 2. The monoisotopic (exact) mass is 807 g/mol. The van der Waals surface area contributed by atoms with E-state index in [1.165, 1.54) is 14.2 Å². The number of hydrogen-bond donors (Lipinski definition) is 3. The minimum Gasteiger partial charge on any atom is -0.453 e. The number of rotatable bonds is 11. The fraction of sp³-hybridized carbons (Fsp3) is 0.340. The van der Waals surface area contributed by atoms with Gasteiger partial charge in [-0.1, -0.05) is 78.9 Å². The smallest absolute Gasteiger partial charge is 0.410 e. The average molecular weight is 808 g/mol. The second-order valence-corrected chi connectivity index (χ2v) is 16.4. The number of aromatic nitrogens is 4. The number of hydrogen-bond acceptors (Lipinski definition) is 8. The van der Waals surface area contributed by atoms with Crippen molar-refractivity contribution < 1.29 is 28.6 Å². The van der Waals surface area contributed by atoms with Gasteiger partial charge in [0.1, 0.15) is 24.3 Å². The molecule has 0 radical (unpaired) electrons. The number of ether oxygens (including phenoxy) is 3. The first-order valence-corrected chi connectivity index (χ1v) is 20.6. The molecule has 2 aromatic heterocycles. The molecule has 0 bridgehead atoms. The highest BCUT2D eigenvalue weighted by Crippen LogP contribution is 2.58. The molecule has 1 saturated carbocycles. The Morgan fingerprint density at radius 3 is 2.12 bits per heavy atom. The van der Waals surface area contributed by atoms with Crippen molar-refractivity contribution in [2.24, 2.45) is 5.41 Å². The number of nitrogens with one attached hydrogen (secondary N) is 3. The minimum atomic E-state index is -0.887. The van der Waals surface area contributed by atoms with Gasteiger partial charge in [-0.05, 0) is 89.6 Å². The van der Waals surface area contributed by atoms with Crippen LogP contribution in [-0.4, -0.2) is 87.3 Å². The molecule has 13 heteroatoms. The number of alkyl carbamates (subject to hydrolysis) is 1. The molecule has 6 aromatic rings. The van der Waals surface area contributed by atoms with Crippen molar-refractivity contribution in [2.75, 3.05) is 27.3 Å². The van der Waals surface area contributed by atoms with E-state index in [1.807, 2.05) is 47.6 Å². The van der Waals surface area contributed by atoms with E-state index in [2.05, 4.69) is 75.9 Å². The van der Waals surface area contributed by atoms with Crippen LogP contribution in [0.25, 0.3) is 44.4 Å². The van der Waals surface area contributed by atoms with Crippen LogP contribution >= 0.6 is 0 Å². The van der Waals surface area contributed by atoms with E-state index in [0.29, 0.717) is 13.1 Å². The van der Waals surface area contributed by atoms with Gasteiger partial charge >= 0.3 is 12.2 Å². The molecule has 4 aromatic carbocycles. The van der Waals surface area contributed by atoms with Gasteiger partial charge in [0.05, 0.1) is 49.1 Å². The van der Waals surface area contributed by atoms with Crippen molar-refractivity contribution in [1.29, 1.82) is 0 Å². The highest BCUT2D eigenvalue weighted by Gasteiger charge is 2.55. The Kier molecular flexibility index (Phi) is 10.6. The lowest BCUT2D eigenvalue weighted by Crippen LogP contribution is -2.54. The molecule has 60 heavy (non-hydrogen) atoms. The van der Waals surface area contributed by atoms with Gasteiger partial charge in [-0.2, -0.15) is 0 Å². The van der Waals surface area contributed by atoms with Gasteiger partial charge in [-0.3, -0.25) is 9.69 Å². The molecule has 308 valence electrons. The third kappa shape index (κ3) is 7.84. The lowest BCUT2D eigenvalue weighted by Gasteiger charge is -2.30. The quantitative estimate of drug-likeness (QED) is 0.118. The number of amides is 3. The molecule has 3 fully saturated rings. The topological polar surface area (TPSA) is 155 Å². The zero-order valence-corrected chi connectivity index (χ0v) is 34.0. The maximum atomic E-state index is 13.9. The predicted molar refractivity (Wildman–Crippen MR) is 226 cm³/mol. The molecule has 0 unspecified atom stereocenters. The number of fused-ring (bicyclic) bond motifs is 1. The van der Waals surface area contributed by atoms with Gasteiger partial charge < -0.3 is 34.4 Å². The summed E-state index contributed by atoms with van der Waals surface area (Å²) in [6.45, 7) is 3.25. The zero-order valence-electron chi connectivity index (χ0n) is 34.0. The van der Waals surface area contributed by atoms with Gasteiger partial charge in [-0.15, -0.1) is 0 Å². The van der Waals surface area contributed by atoms with Crippen LogP contribution in [-0.2, 0) is 25.6 Å². The van der Waals surface area contributed by atoms with E-state index in [9.17, 15) is 14.4 Å². The van der Waals surface area contributed by atoms with Crippen molar-refractivity contribution in [3.8, 4) is 33.6 Å². The molecule has 4 atom stereocenters. The normalized spacial score (nSPS) is 19.1. The first kappa shape index (κ1) is 39.0. The zero-order chi connectivity index (χ0) is 41.4. The van der Waals surface area contributed by atoms with Crippen molar-refractivity contribution in [1.82, 2.24) is 35.1 Å². The van der Waals surface area contributed by atoms with E-state index >= 15 is 0 Å². The maximum absolute atomic E-state index is 13.9. The van der Waals surface area contributed by atoms with Gasteiger partial charge in [0.2, 0.25) is 5.91 Å². The fourth-order valence-corrected chi connectivity index (χ4v) is 8.76. The van der Waals surface area contributed by atoms with Crippen LogP contribution in [0.5, 0.6) is 0 Å². The molecule has 2 aliphatic heterocycles. The molecule has 1 aliphatic carbocycles. The Balaban J connectivity index is 0.868. The van der Waals surface area contributed by atoms with E-state index < -0.39 is 18.2 Å². The lowest BCUT2D eigenvalue weighted by atomic mass is 9.98. The molecular weight excluding hydrogens is 759 g/mol. The van der Waals surface area contributed by atoms with Gasteiger partial charge in [0, 0.05) is 25.8 Å². The first-order valence-electron chi connectivity index (χ1n) is 20.6. The van der Waals surface area contributed by atoms with Crippen LogP contribution in [0.2, 0.25) is 0 Å². The summed E-state index contributed by atoms with van der Waals surface area (Å²) in [6, 6.07) is 29.7. The number of likely N-dealkylation sites (tertiary alicyclic amines) is 2. The highest BCUT2D eigenvalue weighted by molar-refractivity contribution is 5.91. The summed E-state index contributed by atoms with van der Waals surface area (Å²) in [5, 5.41) is 4.91. The third-order valence-electron chi connectivity index (χ3n) is 12.5. The number of imidazole rings is 2. The largest absolute Gasteiger partial charge is 0.453 e. The second kappa shape index (κ2) is 16.3. The number of aromatic amines is 2. The maximum Gasteiger partial charge on any atom is 0.410 e. The summed E-state index contributed by atoms with van der Waals surface area (Å²) < 4.78 is 15.9. The molecule has 4 heterocycles. The van der Waals surface area contributed by atoms with E-state index in [4.69, 9.17) is 24.2 Å². The second-order valence-electron chi connectivity index (χ2n) is 16.4. The molecule has 3 aliphatic rings. The van der Waals surface area contributed by atoms with Crippen LogP contribution in [0.15, 0.2) is 103 Å². The number of nitrogens with zero attached hydrogens (tertiary/aromatic N) is 4. The van der Waals surface area contributed by atoms with Crippen LogP contribution < -0.4 is 5.32 Å². The van der Waals surface area contributed by atoms with E-state index in [1.54, 1.807) is 11.8 Å². The summed E-state index contributed by atoms with van der Waals surface area (Å²) in [5.41, 5.74) is 7.01. The Bertz CT molecular complexity index is 2510. The minimum absolute atomic E-state index is 0.0878. The Morgan fingerprint density at radius 1 is 0.800 bits per heavy atom. The molecule has 9 rings (SSSR count). The van der Waals surface area contributed by atoms with Crippen LogP contribution in [0.4, 0.5) is 9.59 Å². The number of benzene rings is 4. The number of methoxy groups -OCH3 is 2. The van der Waals surface area contributed by atoms with Gasteiger partial charge in [0.15, 0.2) is 0 Å². The number of carbonyl (C=O) groups excluding carboxylic acids is 3. The van der Waals surface area contributed by atoms with Crippen LogP contribution in [0.3, 0.4) is 0 Å².